The molecule has 2 heterocycles. The highest BCUT2D eigenvalue weighted by Gasteiger charge is 2.05. The Hall–Kier alpha value is -1.61. The van der Waals surface area contributed by atoms with Crippen LogP contribution in [0.3, 0.4) is 0 Å². The molecular formula is C15H20N2O. The maximum absolute atomic E-state index is 5.33. The predicted molar refractivity (Wildman–Crippen MR) is 72.3 cm³/mol. The number of rotatable bonds is 6. The number of hydrogen-bond acceptors (Lipinski definition) is 3. The minimum Gasteiger partial charge on any atom is -0.469 e. The lowest BCUT2D eigenvalue weighted by Gasteiger charge is -2.13. The first-order chi connectivity index (χ1) is 8.75. The zero-order valence-electron chi connectivity index (χ0n) is 11.0. The molecule has 2 rings (SSSR count). The molecule has 0 aromatic carbocycles. The summed E-state index contributed by atoms with van der Waals surface area (Å²) in [6.07, 6.45) is 5.62. The second-order valence-electron chi connectivity index (χ2n) is 4.67. The van der Waals surface area contributed by atoms with Crippen LogP contribution >= 0.6 is 0 Å². The summed E-state index contributed by atoms with van der Waals surface area (Å²) in [6.45, 7) is 5.12. The van der Waals surface area contributed by atoms with Crippen LogP contribution in [0.4, 0.5) is 0 Å². The second kappa shape index (κ2) is 6.36. The molecule has 0 amide bonds. The Morgan fingerprint density at radius 1 is 1.33 bits per heavy atom. The molecule has 3 heteroatoms. The van der Waals surface area contributed by atoms with Crippen LogP contribution in [-0.2, 0) is 13.0 Å². The molecule has 0 aliphatic carbocycles. The molecule has 0 fully saturated rings. The SMILES string of the molecule is Cc1cccnc1CNC(C)CCc1ccco1. The van der Waals surface area contributed by atoms with E-state index < -0.39 is 0 Å². The molecule has 1 N–H and O–H groups in total. The summed E-state index contributed by atoms with van der Waals surface area (Å²) < 4.78 is 5.33. The van der Waals surface area contributed by atoms with E-state index in [1.54, 1.807) is 6.26 Å². The number of hydrogen-bond donors (Lipinski definition) is 1. The minimum atomic E-state index is 0.455. The van der Waals surface area contributed by atoms with Gasteiger partial charge >= 0.3 is 0 Å². The molecule has 0 aliphatic rings. The molecule has 1 atom stereocenters. The van der Waals surface area contributed by atoms with Crippen molar-refractivity contribution in [2.45, 2.75) is 39.3 Å². The van der Waals surface area contributed by atoms with Crippen molar-refractivity contribution in [2.75, 3.05) is 0 Å². The maximum atomic E-state index is 5.33. The third kappa shape index (κ3) is 3.70. The molecule has 2 aromatic heterocycles. The molecule has 18 heavy (non-hydrogen) atoms. The average Bonchev–Trinajstić information content (AvgIpc) is 2.88. The van der Waals surface area contributed by atoms with Gasteiger partial charge in [0.15, 0.2) is 0 Å². The third-order valence-electron chi connectivity index (χ3n) is 3.14. The normalized spacial score (nSPS) is 12.6. The smallest absolute Gasteiger partial charge is 0.103 e. The van der Waals surface area contributed by atoms with Gasteiger partial charge in [0.25, 0.3) is 0 Å². The van der Waals surface area contributed by atoms with Crippen LogP contribution in [0.1, 0.15) is 30.4 Å². The quantitative estimate of drug-likeness (QED) is 0.848. The maximum Gasteiger partial charge on any atom is 0.103 e. The Kier molecular flexibility index (Phi) is 4.53. The highest BCUT2D eigenvalue weighted by atomic mass is 16.3. The fourth-order valence-corrected chi connectivity index (χ4v) is 1.89. The van der Waals surface area contributed by atoms with Crippen LogP contribution in [-0.4, -0.2) is 11.0 Å². The van der Waals surface area contributed by atoms with Gasteiger partial charge in [-0.2, -0.15) is 0 Å². The molecule has 96 valence electrons. The third-order valence-corrected chi connectivity index (χ3v) is 3.14. The van der Waals surface area contributed by atoms with Gasteiger partial charge in [-0.15, -0.1) is 0 Å². The molecule has 0 bridgehead atoms. The summed E-state index contributed by atoms with van der Waals surface area (Å²) in [5, 5.41) is 3.50. The van der Waals surface area contributed by atoms with Gasteiger partial charge in [-0.3, -0.25) is 4.98 Å². The number of nitrogens with zero attached hydrogens (tertiary/aromatic N) is 1. The summed E-state index contributed by atoms with van der Waals surface area (Å²) in [5.41, 5.74) is 2.37. The van der Waals surface area contributed by atoms with Crippen molar-refractivity contribution in [3.63, 3.8) is 0 Å². The van der Waals surface area contributed by atoms with Gasteiger partial charge in [-0.1, -0.05) is 6.07 Å². The zero-order valence-corrected chi connectivity index (χ0v) is 11.0. The van der Waals surface area contributed by atoms with Crippen LogP contribution in [0.25, 0.3) is 0 Å². The summed E-state index contributed by atoms with van der Waals surface area (Å²) in [4.78, 5) is 4.38. The largest absolute Gasteiger partial charge is 0.469 e. The molecule has 3 nitrogen and oxygen atoms in total. The molecule has 0 spiro atoms. The predicted octanol–water partition coefficient (Wildman–Crippen LogP) is 3.09. The van der Waals surface area contributed by atoms with Crippen molar-refractivity contribution in [3.05, 3.63) is 53.7 Å². The van der Waals surface area contributed by atoms with Gasteiger partial charge in [0, 0.05) is 25.2 Å². The van der Waals surface area contributed by atoms with Crippen LogP contribution in [0.2, 0.25) is 0 Å². The van der Waals surface area contributed by atoms with E-state index in [9.17, 15) is 0 Å². The first-order valence-electron chi connectivity index (χ1n) is 6.42. The van der Waals surface area contributed by atoms with E-state index in [1.165, 1.54) is 5.56 Å². The van der Waals surface area contributed by atoms with Crippen molar-refractivity contribution < 1.29 is 4.42 Å². The second-order valence-corrected chi connectivity index (χ2v) is 4.67. The van der Waals surface area contributed by atoms with E-state index in [1.807, 2.05) is 24.4 Å². The van der Waals surface area contributed by atoms with Crippen LogP contribution < -0.4 is 5.32 Å². The lowest BCUT2D eigenvalue weighted by Crippen LogP contribution is -2.26. The van der Waals surface area contributed by atoms with E-state index in [4.69, 9.17) is 4.42 Å². The Balaban J connectivity index is 1.75. The summed E-state index contributed by atoms with van der Waals surface area (Å²) in [6, 6.07) is 8.48. The number of furan rings is 1. The number of nitrogens with one attached hydrogen (secondary N) is 1. The van der Waals surface area contributed by atoms with Crippen molar-refractivity contribution in [1.29, 1.82) is 0 Å². The lowest BCUT2D eigenvalue weighted by atomic mass is 10.1. The van der Waals surface area contributed by atoms with Crippen LogP contribution in [0, 0.1) is 6.92 Å². The standard InChI is InChI=1S/C15H20N2O/c1-12-5-3-9-16-15(12)11-17-13(2)7-8-14-6-4-10-18-14/h3-6,9-10,13,17H,7-8,11H2,1-2H3. The number of pyridine rings is 1. The van der Waals surface area contributed by atoms with Gasteiger partial charge < -0.3 is 9.73 Å². The van der Waals surface area contributed by atoms with Crippen molar-refractivity contribution in [1.82, 2.24) is 10.3 Å². The van der Waals surface area contributed by atoms with Crippen LogP contribution in [0.15, 0.2) is 41.1 Å². The first-order valence-corrected chi connectivity index (χ1v) is 6.42. The first kappa shape index (κ1) is 12.8. The number of aryl methyl sites for hydroxylation is 2. The van der Waals surface area contributed by atoms with E-state index in [0.717, 1.165) is 30.8 Å². The van der Waals surface area contributed by atoms with Crippen molar-refractivity contribution in [2.24, 2.45) is 0 Å². The van der Waals surface area contributed by atoms with Gasteiger partial charge in [0.1, 0.15) is 5.76 Å². The van der Waals surface area contributed by atoms with Crippen molar-refractivity contribution in [3.8, 4) is 0 Å². The van der Waals surface area contributed by atoms with Gasteiger partial charge in [0.2, 0.25) is 0 Å². The molecule has 0 aliphatic heterocycles. The minimum absolute atomic E-state index is 0.455. The Morgan fingerprint density at radius 3 is 2.94 bits per heavy atom. The van der Waals surface area contributed by atoms with E-state index in [2.05, 4.69) is 30.2 Å². The zero-order chi connectivity index (χ0) is 12.8. The Labute approximate surface area is 108 Å². The van der Waals surface area contributed by atoms with E-state index in [0.29, 0.717) is 6.04 Å². The summed E-state index contributed by atoms with van der Waals surface area (Å²) >= 11 is 0. The molecule has 0 saturated heterocycles. The number of aromatic nitrogens is 1. The fraction of sp³-hybridized carbons (Fsp3) is 0.400. The highest BCUT2D eigenvalue weighted by Crippen LogP contribution is 2.07. The fourth-order valence-electron chi connectivity index (χ4n) is 1.89. The molecule has 0 saturated carbocycles. The Morgan fingerprint density at radius 2 is 2.22 bits per heavy atom. The van der Waals surface area contributed by atoms with Gasteiger partial charge in [0.05, 0.1) is 12.0 Å². The molecule has 0 radical (unpaired) electrons. The monoisotopic (exact) mass is 244 g/mol. The topological polar surface area (TPSA) is 38.1 Å². The Bertz CT molecular complexity index is 465. The highest BCUT2D eigenvalue weighted by molar-refractivity contribution is 5.17. The molecule has 1 unspecified atom stereocenters. The van der Waals surface area contributed by atoms with Gasteiger partial charge in [-0.05, 0) is 44.0 Å². The molecular weight excluding hydrogens is 224 g/mol. The molecule has 2 aromatic rings. The van der Waals surface area contributed by atoms with Crippen LogP contribution in [0.5, 0.6) is 0 Å². The average molecular weight is 244 g/mol. The lowest BCUT2D eigenvalue weighted by molar-refractivity contribution is 0.458. The van der Waals surface area contributed by atoms with E-state index in [-0.39, 0.29) is 0 Å². The summed E-state index contributed by atoms with van der Waals surface area (Å²) in [7, 11) is 0. The van der Waals surface area contributed by atoms with E-state index >= 15 is 0 Å². The summed E-state index contributed by atoms with van der Waals surface area (Å²) in [5.74, 6) is 1.05. The van der Waals surface area contributed by atoms with Gasteiger partial charge in [-0.25, -0.2) is 0 Å². The van der Waals surface area contributed by atoms with Crippen molar-refractivity contribution >= 4 is 0 Å².